The molecule has 1 heterocycles. The predicted molar refractivity (Wildman–Crippen MR) is 48.0 cm³/mol. The van der Waals surface area contributed by atoms with Crippen LogP contribution in [0.25, 0.3) is 0 Å². The standard InChI is InChI=1S/C8H5F2N3O3/c9-8(10)6-4(1-2-11)12-3-5(7(6)14)13(15)16/h3,8H,1H2,(H,12,14). The molecule has 1 aromatic rings. The third-order valence-corrected chi connectivity index (χ3v) is 1.86. The molecule has 0 amide bonds. The summed E-state index contributed by atoms with van der Waals surface area (Å²) < 4.78 is 25.0. The Balaban J connectivity index is 3.49. The number of nitrogens with zero attached hydrogens (tertiary/aromatic N) is 2. The molecule has 0 bridgehead atoms. The minimum Gasteiger partial charge on any atom is -0.358 e. The fourth-order valence-electron chi connectivity index (χ4n) is 1.17. The first-order chi connectivity index (χ1) is 7.49. The van der Waals surface area contributed by atoms with E-state index < -0.39 is 34.4 Å². The number of aromatic amines is 1. The van der Waals surface area contributed by atoms with Crippen molar-refractivity contribution in [2.45, 2.75) is 12.8 Å². The fraction of sp³-hybridized carbons (Fsp3) is 0.250. The van der Waals surface area contributed by atoms with Crippen LogP contribution in [0.3, 0.4) is 0 Å². The molecule has 1 rings (SSSR count). The van der Waals surface area contributed by atoms with Crippen molar-refractivity contribution < 1.29 is 13.7 Å². The number of nitro groups is 1. The van der Waals surface area contributed by atoms with Gasteiger partial charge < -0.3 is 4.98 Å². The second-order valence-corrected chi connectivity index (χ2v) is 2.79. The monoisotopic (exact) mass is 229 g/mol. The number of pyridine rings is 1. The second kappa shape index (κ2) is 4.48. The van der Waals surface area contributed by atoms with Gasteiger partial charge in [-0.25, -0.2) is 8.78 Å². The zero-order chi connectivity index (χ0) is 12.3. The molecule has 0 unspecified atom stereocenters. The lowest BCUT2D eigenvalue weighted by molar-refractivity contribution is -0.386. The van der Waals surface area contributed by atoms with E-state index in [0.29, 0.717) is 6.20 Å². The Labute approximate surface area is 87.3 Å². The maximum Gasteiger partial charge on any atom is 0.332 e. The molecule has 1 aromatic heterocycles. The molecule has 0 aliphatic carbocycles. The number of rotatable bonds is 3. The first-order valence-electron chi connectivity index (χ1n) is 4.03. The molecule has 0 spiro atoms. The van der Waals surface area contributed by atoms with E-state index in [1.54, 1.807) is 6.07 Å². The zero-order valence-electron chi connectivity index (χ0n) is 7.74. The van der Waals surface area contributed by atoms with Crippen molar-refractivity contribution in [1.29, 1.82) is 5.26 Å². The summed E-state index contributed by atoms with van der Waals surface area (Å²) >= 11 is 0. The molecule has 0 fully saturated rings. The van der Waals surface area contributed by atoms with Gasteiger partial charge in [0.15, 0.2) is 0 Å². The normalized spacial score (nSPS) is 10.1. The lowest BCUT2D eigenvalue weighted by Gasteiger charge is -2.04. The van der Waals surface area contributed by atoms with Gasteiger partial charge in [0, 0.05) is 5.69 Å². The van der Waals surface area contributed by atoms with E-state index in [9.17, 15) is 23.7 Å². The van der Waals surface area contributed by atoms with Crippen LogP contribution < -0.4 is 5.43 Å². The summed E-state index contributed by atoms with van der Waals surface area (Å²) in [6.45, 7) is 0. The highest BCUT2D eigenvalue weighted by Crippen LogP contribution is 2.20. The second-order valence-electron chi connectivity index (χ2n) is 2.79. The molecule has 0 atom stereocenters. The molecule has 0 saturated carbocycles. The first kappa shape index (κ1) is 11.8. The van der Waals surface area contributed by atoms with E-state index in [4.69, 9.17) is 5.26 Å². The number of nitriles is 1. The van der Waals surface area contributed by atoms with Crippen molar-refractivity contribution in [1.82, 2.24) is 4.98 Å². The van der Waals surface area contributed by atoms with Gasteiger partial charge in [-0.2, -0.15) is 5.26 Å². The maximum absolute atomic E-state index is 12.5. The number of hydrogen-bond donors (Lipinski definition) is 1. The average Bonchev–Trinajstić information content (AvgIpc) is 2.17. The molecule has 1 N–H and O–H groups in total. The molecular formula is C8H5F2N3O3. The van der Waals surface area contributed by atoms with Gasteiger partial charge in [-0.3, -0.25) is 14.9 Å². The fourth-order valence-corrected chi connectivity index (χ4v) is 1.17. The summed E-state index contributed by atoms with van der Waals surface area (Å²) in [5, 5.41) is 18.7. The van der Waals surface area contributed by atoms with Gasteiger partial charge in [-0.1, -0.05) is 0 Å². The van der Waals surface area contributed by atoms with Gasteiger partial charge in [0.2, 0.25) is 0 Å². The highest BCUT2D eigenvalue weighted by Gasteiger charge is 2.24. The molecule has 84 valence electrons. The summed E-state index contributed by atoms with van der Waals surface area (Å²) in [4.78, 5) is 22.7. The molecule has 0 aliphatic heterocycles. The van der Waals surface area contributed by atoms with Gasteiger partial charge in [0.1, 0.15) is 0 Å². The number of alkyl halides is 2. The quantitative estimate of drug-likeness (QED) is 0.623. The van der Waals surface area contributed by atoms with Crippen molar-refractivity contribution in [3.63, 3.8) is 0 Å². The van der Waals surface area contributed by atoms with Crippen molar-refractivity contribution in [2.24, 2.45) is 0 Å². The number of H-pyrrole nitrogens is 1. The summed E-state index contributed by atoms with van der Waals surface area (Å²) in [6, 6.07) is 1.58. The minimum absolute atomic E-state index is 0.298. The molecular weight excluding hydrogens is 224 g/mol. The summed E-state index contributed by atoms with van der Waals surface area (Å²) in [6.07, 6.45) is -2.89. The summed E-state index contributed by atoms with van der Waals surface area (Å²) in [5.74, 6) is 0. The SMILES string of the molecule is N#CCc1[nH]cc([N+](=O)[O-])c(=O)c1C(F)F. The highest BCUT2D eigenvalue weighted by atomic mass is 19.3. The lowest BCUT2D eigenvalue weighted by atomic mass is 10.1. The molecule has 16 heavy (non-hydrogen) atoms. The molecule has 0 aliphatic rings. The summed E-state index contributed by atoms with van der Waals surface area (Å²) in [7, 11) is 0. The topological polar surface area (TPSA) is 99.8 Å². The third kappa shape index (κ3) is 2.03. The van der Waals surface area contributed by atoms with Crippen LogP contribution >= 0.6 is 0 Å². The van der Waals surface area contributed by atoms with Crippen LogP contribution in [0.5, 0.6) is 0 Å². The van der Waals surface area contributed by atoms with Crippen LogP contribution in [0, 0.1) is 21.4 Å². The smallest absolute Gasteiger partial charge is 0.332 e. The third-order valence-electron chi connectivity index (χ3n) is 1.86. The van der Waals surface area contributed by atoms with Crippen LogP contribution in [0.15, 0.2) is 11.0 Å². The Morgan fingerprint density at radius 3 is 2.69 bits per heavy atom. The first-order valence-corrected chi connectivity index (χ1v) is 4.03. The van der Waals surface area contributed by atoms with Crippen molar-refractivity contribution in [2.75, 3.05) is 0 Å². The molecule has 0 aromatic carbocycles. The lowest BCUT2D eigenvalue weighted by Crippen LogP contribution is -2.17. The Morgan fingerprint density at radius 2 is 2.25 bits per heavy atom. The van der Waals surface area contributed by atoms with Crippen LogP contribution in [-0.4, -0.2) is 9.91 Å². The van der Waals surface area contributed by atoms with E-state index in [0.717, 1.165) is 0 Å². The number of halogens is 2. The van der Waals surface area contributed by atoms with Gasteiger partial charge in [-0.15, -0.1) is 0 Å². The molecule has 0 radical (unpaired) electrons. The van der Waals surface area contributed by atoms with Crippen LogP contribution in [0.4, 0.5) is 14.5 Å². The van der Waals surface area contributed by atoms with E-state index in [2.05, 4.69) is 4.98 Å². The predicted octanol–water partition coefficient (Wildman–Crippen LogP) is 1.29. The number of aromatic nitrogens is 1. The van der Waals surface area contributed by atoms with Gasteiger partial charge in [0.25, 0.3) is 11.9 Å². The Hall–Kier alpha value is -2.30. The number of nitrogens with one attached hydrogen (secondary N) is 1. The Kier molecular flexibility index (Phi) is 3.30. The molecule has 6 nitrogen and oxygen atoms in total. The molecule has 0 saturated heterocycles. The Bertz CT molecular complexity index is 518. The molecule has 8 heteroatoms. The van der Waals surface area contributed by atoms with E-state index in [1.807, 2.05) is 0 Å². The van der Waals surface area contributed by atoms with Gasteiger partial charge in [0.05, 0.1) is 29.2 Å². The van der Waals surface area contributed by atoms with E-state index >= 15 is 0 Å². The summed E-state index contributed by atoms with van der Waals surface area (Å²) in [5.41, 5.74) is -3.63. The number of hydrogen-bond acceptors (Lipinski definition) is 4. The van der Waals surface area contributed by atoms with Crippen LogP contribution in [-0.2, 0) is 6.42 Å². The average molecular weight is 229 g/mol. The van der Waals surface area contributed by atoms with Crippen molar-refractivity contribution >= 4 is 5.69 Å². The largest absolute Gasteiger partial charge is 0.358 e. The van der Waals surface area contributed by atoms with Crippen LogP contribution in [0.1, 0.15) is 17.7 Å². The Morgan fingerprint density at radius 1 is 1.62 bits per heavy atom. The highest BCUT2D eigenvalue weighted by molar-refractivity contribution is 5.36. The van der Waals surface area contributed by atoms with E-state index in [1.165, 1.54) is 0 Å². The van der Waals surface area contributed by atoms with Gasteiger partial charge >= 0.3 is 5.69 Å². The van der Waals surface area contributed by atoms with E-state index in [-0.39, 0.29) is 5.69 Å². The van der Waals surface area contributed by atoms with Crippen molar-refractivity contribution in [3.05, 3.63) is 37.8 Å². The van der Waals surface area contributed by atoms with Crippen LogP contribution in [0.2, 0.25) is 0 Å². The minimum atomic E-state index is -3.16. The van der Waals surface area contributed by atoms with Crippen molar-refractivity contribution in [3.8, 4) is 6.07 Å². The van der Waals surface area contributed by atoms with Gasteiger partial charge in [-0.05, 0) is 0 Å². The maximum atomic E-state index is 12.5. The zero-order valence-corrected chi connectivity index (χ0v) is 7.74.